The predicted octanol–water partition coefficient (Wildman–Crippen LogP) is 4.24. The zero-order chi connectivity index (χ0) is 21.8. The lowest BCUT2D eigenvalue weighted by atomic mass is 10.1. The van der Waals surface area contributed by atoms with Crippen molar-refractivity contribution in [3.8, 4) is 16.9 Å². The quantitative estimate of drug-likeness (QED) is 0.516. The molecule has 1 N–H and O–H groups in total. The molecule has 0 unspecified atom stereocenters. The molecule has 0 aliphatic carbocycles. The molecular weight excluding hydrogens is 386 g/mol. The first-order valence-corrected chi connectivity index (χ1v) is 10.1. The van der Waals surface area contributed by atoms with E-state index in [0.717, 1.165) is 28.2 Å². The lowest BCUT2D eigenvalue weighted by Gasteiger charge is -2.16. The summed E-state index contributed by atoms with van der Waals surface area (Å²) in [6.07, 6.45) is 3.54. The fourth-order valence-electron chi connectivity index (χ4n) is 3.50. The molecule has 2 aromatic carbocycles. The SMILES string of the molecule is Cc1cccc(-c2nn(-c3ccccc3)cc2C(=O)NCc2cccnc2N(C)C)c1. The van der Waals surface area contributed by atoms with Crippen molar-refractivity contribution in [2.45, 2.75) is 13.5 Å². The third-order valence-electron chi connectivity index (χ3n) is 5.00. The molecule has 0 saturated heterocycles. The Labute approximate surface area is 182 Å². The smallest absolute Gasteiger partial charge is 0.255 e. The Morgan fingerprint density at radius 2 is 1.84 bits per heavy atom. The van der Waals surface area contributed by atoms with Gasteiger partial charge < -0.3 is 10.2 Å². The summed E-state index contributed by atoms with van der Waals surface area (Å²) in [7, 11) is 3.88. The summed E-state index contributed by atoms with van der Waals surface area (Å²) in [5.41, 5.74) is 5.07. The maximum atomic E-state index is 13.2. The van der Waals surface area contributed by atoms with Crippen molar-refractivity contribution in [3.05, 3.63) is 95.8 Å². The van der Waals surface area contributed by atoms with E-state index in [4.69, 9.17) is 5.10 Å². The molecule has 0 bridgehead atoms. The summed E-state index contributed by atoms with van der Waals surface area (Å²) >= 11 is 0. The highest BCUT2D eigenvalue weighted by Gasteiger charge is 2.19. The van der Waals surface area contributed by atoms with Crippen LogP contribution in [0.2, 0.25) is 0 Å². The minimum Gasteiger partial charge on any atom is -0.362 e. The number of aromatic nitrogens is 3. The average molecular weight is 412 g/mol. The van der Waals surface area contributed by atoms with E-state index in [2.05, 4.69) is 10.3 Å². The Morgan fingerprint density at radius 3 is 2.58 bits per heavy atom. The largest absolute Gasteiger partial charge is 0.362 e. The van der Waals surface area contributed by atoms with E-state index >= 15 is 0 Å². The molecule has 6 nitrogen and oxygen atoms in total. The molecule has 4 aromatic rings. The van der Waals surface area contributed by atoms with Crippen LogP contribution in [0, 0.1) is 6.92 Å². The zero-order valence-corrected chi connectivity index (χ0v) is 17.9. The van der Waals surface area contributed by atoms with Gasteiger partial charge in [-0.15, -0.1) is 0 Å². The maximum absolute atomic E-state index is 13.2. The van der Waals surface area contributed by atoms with Gasteiger partial charge in [0.2, 0.25) is 0 Å². The van der Waals surface area contributed by atoms with Crippen molar-refractivity contribution in [2.24, 2.45) is 0 Å². The van der Waals surface area contributed by atoms with Crippen molar-refractivity contribution in [3.63, 3.8) is 0 Å². The second-order valence-electron chi connectivity index (χ2n) is 7.60. The van der Waals surface area contributed by atoms with Crippen LogP contribution in [0.1, 0.15) is 21.5 Å². The van der Waals surface area contributed by atoms with Crippen molar-refractivity contribution < 1.29 is 4.79 Å². The first kappa shape index (κ1) is 20.3. The van der Waals surface area contributed by atoms with Crippen LogP contribution in [0.25, 0.3) is 16.9 Å². The Hall–Kier alpha value is -3.93. The second-order valence-corrected chi connectivity index (χ2v) is 7.60. The van der Waals surface area contributed by atoms with E-state index in [1.807, 2.05) is 92.6 Å². The van der Waals surface area contributed by atoms with Crippen LogP contribution < -0.4 is 10.2 Å². The van der Waals surface area contributed by atoms with E-state index < -0.39 is 0 Å². The van der Waals surface area contributed by atoms with Crippen molar-refractivity contribution in [1.29, 1.82) is 0 Å². The molecule has 0 aliphatic heterocycles. The fraction of sp³-hybridized carbons (Fsp3) is 0.160. The number of carbonyl (C=O) groups excluding carboxylic acids is 1. The number of anilines is 1. The zero-order valence-electron chi connectivity index (χ0n) is 17.9. The molecule has 6 heteroatoms. The van der Waals surface area contributed by atoms with Gasteiger partial charge in [-0.25, -0.2) is 9.67 Å². The van der Waals surface area contributed by atoms with Crippen molar-refractivity contribution >= 4 is 11.7 Å². The van der Waals surface area contributed by atoms with E-state index in [1.54, 1.807) is 17.1 Å². The van der Waals surface area contributed by atoms with E-state index in [0.29, 0.717) is 17.8 Å². The minimum absolute atomic E-state index is 0.174. The molecule has 1 amide bonds. The van der Waals surface area contributed by atoms with Gasteiger partial charge in [0.15, 0.2) is 0 Å². The topological polar surface area (TPSA) is 63.1 Å². The van der Waals surface area contributed by atoms with Crippen LogP contribution in [-0.4, -0.2) is 34.8 Å². The molecule has 0 radical (unpaired) electrons. The van der Waals surface area contributed by atoms with Crippen molar-refractivity contribution in [1.82, 2.24) is 20.1 Å². The Bertz CT molecular complexity index is 1200. The van der Waals surface area contributed by atoms with Gasteiger partial charge in [-0.3, -0.25) is 4.79 Å². The molecule has 0 saturated carbocycles. The van der Waals surface area contributed by atoms with Gasteiger partial charge >= 0.3 is 0 Å². The predicted molar refractivity (Wildman–Crippen MR) is 123 cm³/mol. The van der Waals surface area contributed by atoms with Crippen LogP contribution in [0.5, 0.6) is 0 Å². The third kappa shape index (κ3) is 4.48. The Kier molecular flexibility index (Phi) is 5.80. The number of rotatable bonds is 6. The first-order chi connectivity index (χ1) is 15.0. The number of nitrogens with one attached hydrogen (secondary N) is 1. The lowest BCUT2D eigenvalue weighted by molar-refractivity contribution is 0.0951. The summed E-state index contributed by atoms with van der Waals surface area (Å²) in [5, 5.41) is 7.79. The maximum Gasteiger partial charge on any atom is 0.255 e. The van der Waals surface area contributed by atoms with Crippen molar-refractivity contribution in [2.75, 3.05) is 19.0 Å². The van der Waals surface area contributed by atoms with Gasteiger partial charge in [0.05, 0.1) is 11.3 Å². The van der Waals surface area contributed by atoms with Gasteiger partial charge in [0.1, 0.15) is 11.5 Å². The number of nitrogens with zero attached hydrogens (tertiary/aromatic N) is 4. The summed E-state index contributed by atoms with van der Waals surface area (Å²) < 4.78 is 1.75. The number of benzene rings is 2. The second kappa shape index (κ2) is 8.83. The molecule has 0 spiro atoms. The van der Waals surface area contributed by atoms with E-state index in [9.17, 15) is 4.79 Å². The Morgan fingerprint density at radius 1 is 1.03 bits per heavy atom. The third-order valence-corrected chi connectivity index (χ3v) is 5.00. The van der Waals surface area contributed by atoms with Gasteiger partial charge in [-0.05, 0) is 31.2 Å². The number of para-hydroxylation sites is 1. The standard InChI is InChI=1S/C25H25N5O/c1-18-9-7-10-19(15-18)23-22(17-30(28-23)21-12-5-4-6-13-21)25(31)27-16-20-11-8-14-26-24(20)29(2)3/h4-15,17H,16H2,1-3H3,(H,27,31). The van der Waals surface area contributed by atoms with Crippen LogP contribution >= 0.6 is 0 Å². The van der Waals surface area contributed by atoms with Crippen LogP contribution in [0.15, 0.2) is 79.1 Å². The van der Waals surface area contributed by atoms with E-state index in [-0.39, 0.29) is 5.91 Å². The highest BCUT2D eigenvalue weighted by Crippen LogP contribution is 2.25. The van der Waals surface area contributed by atoms with Gasteiger partial charge in [0, 0.05) is 44.2 Å². The highest BCUT2D eigenvalue weighted by atomic mass is 16.1. The number of hydrogen-bond acceptors (Lipinski definition) is 4. The summed E-state index contributed by atoms with van der Waals surface area (Å²) in [6.45, 7) is 2.41. The van der Waals surface area contributed by atoms with Gasteiger partial charge in [-0.1, -0.05) is 48.0 Å². The summed E-state index contributed by atoms with van der Waals surface area (Å²) in [6, 6.07) is 21.7. The number of amides is 1. The van der Waals surface area contributed by atoms with Crippen LogP contribution in [0.3, 0.4) is 0 Å². The fourth-order valence-corrected chi connectivity index (χ4v) is 3.50. The highest BCUT2D eigenvalue weighted by molar-refractivity contribution is 6.00. The minimum atomic E-state index is -0.174. The molecule has 2 aromatic heterocycles. The molecule has 4 rings (SSSR count). The van der Waals surface area contributed by atoms with Gasteiger partial charge in [0.25, 0.3) is 5.91 Å². The molecule has 0 fully saturated rings. The monoisotopic (exact) mass is 411 g/mol. The molecule has 31 heavy (non-hydrogen) atoms. The molecular formula is C25H25N5O. The first-order valence-electron chi connectivity index (χ1n) is 10.1. The number of carbonyl (C=O) groups is 1. The lowest BCUT2D eigenvalue weighted by Crippen LogP contribution is -2.24. The average Bonchev–Trinajstić information content (AvgIpc) is 3.24. The molecule has 0 atom stereocenters. The number of aryl methyl sites for hydroxylation is 1. The number of hydrogen-bond donors (Lipinski definition) is 1. The summed E-state index contributed by atoms with van der Waals surface area (Å²) in [5.74, 6) is 0.661. The summed E-state index contributed by atoms with van der Waals surface area (Å²) in [4.78, 5) is 19.6. The normalized spacial score (nSPS) is 10.7. The van der Waals surface area contributed by atoms with Gasteiger partial charge in [-0.2, -0.15) is 5.10 Å². The van der Waals surface area contributed by atoms with Crippen LogP contribution in [-0.2, 0) is 6.54 Å². The molecule has 0 aliphatic rings. The van der Waals surface area contributed by atoms with Crippen LogP contribution in [0.4, 0.5) is 5.82 Å². The Balaban J connectivity index is 1.68. The number of pyridine rings is 1. The molecule has 156 valence electrons. The molecule has 2 heterocycles. The van der Waals surface area contributed by atoms with E-state index in [1.165, 1.54) is 0 Å².